The molecule has 1 rings (SSSR count). The van der Waals surface area contributed by atoms with Crippen LogP contribution in [0.15, 0.2) is 24.3 Å². The zero-order chi connectivity index (χ0) is 13.9. The molecule has 0 aliphatic rings. The number of rotatable bonds is 10. The number of aliphatic hydroxyl groups is 1. The van der Waals surface area contributed by atoms with E-state index in [2.05, 4.69) is 24.4 Å². The van der Waals surface area contributed by atoms with Gasteiger partial charge in [-0.15, -0.1) is 0 Å². The van der Waals surface area contributed by atoms with E-state index in [0.717, 1.165) is 18.6 Å². The highest BCUT2D eigenvalue weighted by molar-refractivity contribution is 5.27. The molecule has 0 saturated carbocycles. The van der Waals surface area contributed by atoms with Crippen LogP contribution in [-0.2, 0) is 11.2 Å². The second-order valence-corrected chi connectivity index (χ2v) is 4.56. The van der Waals surface area contributed by atoms with E-state index in [1.807, 2.05) is 19.2 Å². The van der Waals surface area contributed by atoms with Crippen LogP contribution >= 0.6 is 0 Å². The molecular weight excluding hydrogens is 242 g/mol. The topological polar surface area (TPSA) is 50.7 Å². The van der Waals surface area contributed by atoms with Crippen molar-refractivity contribution >= 4 is 0 Å². The number of hydrogen-bond acceptors (Lipinski definition) is 4. The average Bonchev–Trinajstić information content (AvgIpc) is 2.45. The molecule has 0 aliphatic carbocycles. The van der Waals surface area contributed by atoms with E-state index in [1.54, 1.807) is 0 Å². The second kappa shape index (κ2) is 9.78. The summed E-state index contributed by atoms with van der Waals surface area (Å²) < 4.78 is 10.7. The maximum atomic E-state index is 8.55. The molecular formula is C15H25NO3. The van der Waals surface area contributed by atoms with Crippen molar-refractivity contribution in [3.63, 3.8) is 0 Å². The van der Waals surface area contributed by atoms with Crippen LogP contribution in [0.4, 0.5) is 0 Å². The summed E-state index contributed by atoms with van der Waals surface area (Å²) in [5.41, 5.74) is 1.32. The molecule has 4 nitrogen and oxygen atoms in total. The lowest BCUT2D eigenvalue weighted by molar-refractivity contribution is 0.0705. The smallest absolute Gasteiger partial charge is 0.119 e. The van der Waals surface area contributed by atoms with E-state index >= 15 is 0 Å². The van der Waals surface area contributed by atoms with E-state index in [9.17, 15) is 0 Å². The molecule has 108 valence electrons. The molecule has 0 fully saturated rings. The molecule has 2 N–H and O–H groups in total. The van der Waals surface area contributed by atoms with Gasteiger partial charge in [-0.25, -0.2) is 0 Å². The zero-order valence-electron chi connectivity index (χ0n) is 11.9. The van der Waals surface area contributed by atoms with Crippen LogP contribution in [0.25, 0.3) is 0 Å². The normalized spacial score (nSPS) is 12.4. The lowest BCUT2D eigenvalue weighted by Crippen LogP contribution is -2.21. The van der Waals surface area contributed by atoms with Crippen LogP contribution < -0.4 is 10.1 Å². The predicted octanol–water partition coefficient (Wildman–Crippen LogP) is 1.61. The Balaban J connectivity index is 2.23. The minimum Gasteiger partial charge on any atom is -0.491 e. The Hall–Kier alpha value is -1.10. The van der Waals surface area contributed by atoms with Gasteiger partial charge in [0.1, 0.15) is 12.4 Å². The Labute approximate surface area is 115 Å². The summed E-state index contributed by atoms with van der Waals surface area (Å²) >= 11 is 0. The number of aryl methyl sites for hydroxylation is 1. The van der Waals surface area contributed by atoms with E-state index in [0.29, 0.717) is 25.9 Å². The van der Waals surface area contributed by atoms with Gasteiger partial charge in [0.05, 0.1) is 19.8 Å². The van der Waals surface area contributed by atoms with Gasteiger partial charge in [-0.3, -0.25) is 0 Å². The lowest BCUT2D eigenvalue weighted by Gasteiger charge is -2.10. The quantitative estimate of drug-likeness (QED) is 0.632. The first-order valence-corrected chi connectivity index (χ1v) is 6.84. The highest BCUT2D eigenvalue weighted by Gasteiger charge is 2.00. The number of benzene rings is 1. The fraction of sp³-hybridized carbons (Fsp3) is 0.600. The van der Waals surface area contributed by atoms with Gasteiger partial charge >= 0.3 is 0 Å². The minimum absolute atomic E-state index is 0.0553. The average molecular weight is 267 g/mol. The van der Waals surface area contributed by atoms with Gasteiger partial charge in [-0.05, 0) is 44.5 Å². The van der Waals surface area contributed by atoms with Gasteiger partial charge < -0.3 is 19.9 Å². The molecule has 0 radical (unpaired) electrons. The zero-order valence-corrected chi connectivity index (χ0v) is 11.9. The molecule has 1 unspecified atom stereocenters. The van der Waals surface area contributed by atoms with Crippen molar-refractivity contribution in [2.45, 2.75) is 25.8 Å². The van der Waals surface area contributed by atoms with Crippen LogP contribution in [0.5, 0.6) is 5.75 Å². The summed E-state index contributed by atoms with van der Waals surface area (Å²) in [6.45, 7) is 3.62. The van der Waals surface area contributed by atoms with E-state index in [1.165, 1.54) is 5.56 Å². The van der Waals surface area contributed by atoms with Crippen molar-refractivity contribution in [1.29, 1.82) is 0 Å². The van der Waals surface area contributed by atoms with Gasteiger partial charge in [0.25, 0.3) is 0 Å². The molecule has 0 saturated heterocycles. The van der Waals surface area contributed by atoms with Gasteiger partial charge in [0.2, 0.25) is 0 Å². The molecule has 0 aromatic heterocycles. The monoisotopic (exact) mass is 267 g/mol. The van der Waals surface area contributed by atoms with Gasteiger partial charge in [0, 0.05) is 6.04 Å². The molecule has 4 heteroatoms. The van der Waals surface area contributed by atoms with Crippen molar-refractivity contribution in [2.75, 3.05) is 33.5 Å². The summed E-state index contributed by atoms with van der Waals surface area (Å²) in [4.78, 5) is 0. The molecule has 1 atom stereocenters. The van der Waals surface area contributed by atoms with Crippen LogP contribution in [0.1, 0.15) is 18.9 Å². The highest BCUT2D eigenvalue weighted by atomic mass is 16.5. The molecule has 0 bridgehead atoms. The van der Waals surface area contributed by atoms with Crippen molar-refractivity contribution in [2.24, 2.45) is 0 Å². The minimum atomic E-state index is 0.0553. The SMILES string of the molecule is CNC(C)CCc1ccc(OCCOCCO)cc1. The van der Waals surface area contributed by atoms with Crippen molar-refractivity contribution in [1.82, 2.24) is 5.32 Å². The van der Waals surface area contributed by atoms with Gasteiger partial charge in [-0.2, -0.15) is 0 Å². The third kappa shape index (κ3) is 7.15. The summed E-state index contributed by atoms with van der Waals surface area (Å²) in [5.74, 6) is 0.859. The van der Waals surface area contributed by atoms with E-state index in [-0.39, 0.29) is 6.61 Å². The molecule has 1 aromatic rings. The maximum absolute atomic E-state index is 8.55. The van der Waals surface area contributed by atoms with Crippen LogP contribution in [0.3, 0.4) is 0 Å². The largest absolute Gasteiger partial charge is 0.491 e. The Morgan fingerprint density at radius 1 is 1.16 bits per heavy atom. The lowest BCUT2D eigenvalue weighted by atomic mass is 10.1. The Bertz CT molecular complexity index is 327. The Morgan fingerprint density at radius 2 is 1.89 bits per heavy atom. The molecule has 0 spiro atoms. The van der Waals surface area contributed by atoms with Crippen molar-refractivity contribution in [3.05, 3.63) is 29.8 Å². The van der Waals surface area contributed by atoms with Crippen molar-refractivity contribution < 1.29 is 14.6 Å². The molecule has 0 heterocycles. The number of hydrogen-bond donors (Lipinski definition) is 2. The Kier molecular flexibility index (Phi) is 8.21. The summed E-state index contributed by atoms with van der Waals surface area (Å²) in [7, 11) is 1.99. The molecule has 0 amide bonds. The number of ether oxygens (including phenoxy) is 2. The number of nitrogens with one attached hydrogen (secondary N) is 1. The Morgan fingerprint density at radius 3 is 2.53 bits per heavy atom. The third-order valence-corrected chi connectivity index (χ3v) is 3.01. The fourth-order valence-electron chi connectivity index (χ4n) is 1.66. The van der Waals surface area contributed by atoms with Crippen LogP contribution in [0.2, 0.25) is 0 Å². The van der Waals surface area contributed by atoms with Crippen LogP contribution in [-0.4, -0.2) is 44.6 Å². The van der Waals surface area contributed by atoms with Gasteiger partial charge in [-0.1, -0.05) is 12.1 Å². The fourth-order valence-corrected chi connectivity index (χ4v) is 1.66. The molecule has 19 heavy (non-hydrogen) atoms. The number of aliphatic hydroxyl groups excluding tert-OH is 1. The maximum Gasteiger partial charge on any atom is 0.119 e. The summed E-state index contributed by atoms with van der Waals surface area (Å²) in [6.07, 6.45) is 2.20. The molecule has 1 aromatic carbocycles. The second-order valence-electron chi connectivity index (χ2n) is 4.56. The first kappa shape index (κ1) is 16.0. The first-order chi connectivity index (χ1) is 9.26. The molecule has 0 aliphatic heterocycles. The highest BCUT2D eigenvalue weighted by Crippen LogP contribution is 2.13. The standard InChI is InChI=1S/C15H25NO3/c1-13(16-2)3-4-14-5-7-15(8-6-14)19-12-11-18-10-9-17/h5-8,13,16-17H,3-4,9-12H2,1-2H3. The third-order valence-electron chi connectivity index (χ3n) is 3.01. The van der Waals surface area contributed by atoms with Crippen molar-refractivity contribution in [3.8, 4) is 5.75 Å². The summed E-state index contributed by atoms with van der Waals surface area (Å²) in [6, 6.07) is 8.73. The van der Waals surface area contributed by atoms with E-state index in [4.69, 9.17) is 14.6 Å². The van der Waals surface area contributed by atoms with E-state index < -0.39 is 0 Å². The van der Waals surface area contributed by atoms with Gasteiger partial charge in [0.15, 0.2) is 0 Å². The predicted molar refractivity (Wildman–Crippen MR) is 76.7 cm³/mol. The first-order valence-electron chi connectivity index (χ1n) is 6.84. The summed E-state index contributed by atoms with van der Waals surface area (Å²) in [5, 5.41) is 11.8. The van der Waals surface area contributed by atoms with Crippen LogP contribution in [0, 0.1) is 0 Å².